The number of piperidine rings is 1. The van der Waals surface area contributed by atoms with Gasteiger partial charge in [-0.2, -0.15) is 13.7 Å². The van der Waals surface area contributed by atoms with Crippen molar-refractivity contribution < 1.29 is 22.5 Å². The highest BCUT2D eigenvalue weighted by Gasteiger charge is 2.40. The number of rotatable bonds is 7. The van der Waals surface area contributed by atoms with Crippen LogP contribution in [0.5, 0.6) is 5.75 Å². The summed E-state index contributed by atoms with van der Waals surface area (Å²) in [5, 5.41) is 11.6. The van der Waals surface area contributed by atoms with Crippen molar-refractivity contribution in [2.75, 3.05) is 11.4 Å². The molecule has 42 heavy (non-hydrogen) atoms. The molecule has 5 rings (SSSR count). The van der Waals surface area contributed by atoms with Gasteiger partial charge in [0.25, 0.3) is 16.0 Å². The first kappa shape index (κ1) is 29.9. The first-order chi connectivity index (χ1) is 20.1. The Hall–Kier alpha value is -3.58. The SMILES string of the molecule is Cc1ccc([C@@H]2[C@H](S(=O)(=O)O)CCCN2c2ccc(C(=O)NC3CCC(Oc4ccc(C#N)c(Cl)c4)CC3)cc2)cc1. The molecule has 220 valence electrons. The van der Waals surface area contributed by atoms with Crippen molar-refractivity contribution >= 4 is 33.3 Å². The number of nitrogens with one attached hydrogen (secondary N) is 1. The van der Waals surface area contributed by atoms with E-state index in [0.29, 0.717) is 41.3 Å². The van der Waals surface area contributed by atoms with Gasteiger partial charge in [0.1, 0.15) is 17.1 Å². The van der Waals surface area contributed by atoms with Gasteiger partial charge in [-0.05, 0) is 87.4 Å². The fraction of sp³-hybridized carbons (Fsp3) is 0.375. The zero-order chi connectivity index (χ0) is 29.9. The van der Waals surface area contributed by atoms with Crippen LogP contribution in [0, 0.1) is 18.3 Å². The molecule has 1 aliphatic carbocycles. The number of hydrogen-bond acceptors (Lipinski definition) is 6. The van der Waals surface area contributed by atoms with Gasteiger partial charge in [0.15, 0.2) is 0 Å². The molecule has 2 atom stereocenters. The van der Waals surface area contributed by atoms with Crippen molar-refractivity contribution in [3.05, 3.63) is 94.0 Å². The van der Waals surface area contributed by atoms with Crippen LogP contribution >= 0.6 is 11.6 Å². The van der Waals surface area contributed by atoms with E-state index in [9.17, 15) is 17.8 Å². The molecule has 2 aliphatic rings. The number of nitrogens with zero attached hydrogens (tertiary/aromatic N) is 2. The van der Waals surface area contributed by atoms with Crippen molar-refractivity contribution in [3.63, 3.8) is 0 Å². The molecule has 8 nitrogen and oxygen atoms in total. The number of ether oxygens (including phenoxy) is 1. The maximum atomic E-state index is 13.1. The van der Waals surface area contributed by atoms with Gasteiger partial charge in [-0.3, -0.25) is 9.35 Å². The summed E-state index contributed by atoms with van der Waals surface area (Å²) in [5.41, 5.74) is 3.63. The Labute approximate surface area is 252 Å². The van der Waals surface area contributed by atoms with Crippen molar-refractivity contribution in [2.45, 2.75) is 68.9 Å². The molecule has 0 bridgehead atoms. The molecule has 3 aromatic rings. The second-order valence-corrected chi connectivity index (χ2v) is 13.2. The molecule has 0 aromatic heterocycles. The number of hydrogen-bond donors (Lipinski definition) is 2. The van der Waals surface area contributed by atoms with Gasteiger partial charge in [-0.15, -0.1) is 0 Å². The van der Waals surface area contributed by atoms with Crippen LogP contribution in [0.4, 0.5) is 5.69 Å². The topological polar surface area (TPSA) is 120 Å². The van der Waals surface area contributed by atoms with Gasteiger partial charge in [0, 0.05) is 29.9 Å². The molecule has 10 heteroatoms. The number of nitriles is 1. The minimum absolute atomic E-state index is 0.0130. The fourth-order valence-corrected chi connectivity index (χ4v) is 7.28. The van der Waals surface area contributed by atoms with Gasteiger partial charge < -0.3 is 15.0 Å². The Kier molecular flexibility index (Phi) is 9.07. The third-order valence-electron chi connectivity index (χ3n) is 8.21. The van der Waals surface area contributed by atoms with E-state index >= 15 is 0 Å². The van der Waals surface area contributed by atoms with E-state index in [2.05, 4.69) is 5.32 Å². The summed E-state index contributed by atoms with van der Waals surface area (Å²) in [6.07, 6.45) is 4.14. The highest BCUT2D eigenvalue weighted by Crippen LogP contribution is 2.38. The van der Waals surface area contributed by atoms with Crippen LogP contribution in [-0.4, -0.2) is 42.8 Å². The quantitative estimate of drug-likeness (QED) is 0.305. The first-order valence-corrected chi connectivity index (χ1v) is 16.1. The summed E-state index contributed by atoms with van der Waals surface area (Å²) in [6.45, 7) is 2.61. The minimum Gasteiger partial charge on any atom is -0.490 e. The largest absolute Gasteiger partial charge is 0.490 e. The van der Waals surface area contributed by atoms with Crippen LogP contribution in [0.3, 0.4) is 0 Å². The van der Waals surface area contributed by atoms with Crippen molar-refractivity contribution in [1.82, 2.24) is 5.32 Å². The smallest absolute Gasteiger partial charge is 0.270 e. The summed E-state index contributed by atoms with van der Waals surface area (Å²) < 4.78 is 40.8. The third-order valence-corrected chi connectivity index (χ3v) is 9.78. The van der Waals surface area contributed by atoms with Crippen LogP contribution in [0.25, 0.3) is 0 Å². The van der Waals surface area contributed by atoms with Gasteiger partial charge in [0.2, 0.25) is 0 Å². The molecule has 1 saturated carbocycles. The molecular formula is C32H34ClN3O5S. The Morgan fingerprint density at radius 1 is 1.02 bits per heavy atom. The first-order valence-electron chi connectivity index (χ1n) is 14.2. The lowest BCUT2D eigenvalue weighted by Crippen LogP contribution is -2.45. The molecule has 1 saturated heterocycles. The lowest BCUT2D eigenvalue weighted by atomic mass is 9.92. The van der Waals surface area contributed by atoms with E-state index in [-0.39, 0.29) is 18.1 Å². The number of benzene rings is 3. The molecule has 1 amide bonds. The number of aryl methyl sites for hydroxylation is 1. The van der Waals surface area contributed by atoms with E-state index in [1.807, 2.05) is 54.3 Å². The van der Waals surface area contributed by atoms with Crippen LogP contribution in [0.15, 0.2) is 66.7 Å². The summed E-state index contributed by atoms with van der Waals surface area (Å²) >= 11 is 6.12. The number of anilines is 1. The van der Waals surface area contributed by atoms with E-state index < -0.39 is 21.4 Å². The van der Waals surface area contributed by atoms with E-state index in [4.69, 9.17) is 21.6 Å². The minimum atomic E-state index is -4.27. The average Bonchev–Trinajstić information content (AvgIpc) is 2.98. The summed E-state index contributed by atoms with van der Waals surface area (Å²) in [6, 6.07) is 21.5. The number of carbonyl (C=O) groups is 1. The van der Waals surface area contributed by atoms with E-state index in [1.165, 1.54) is 0 Å². The standard InChI is InChI=1S/C32H34ClN3O5S/c1-21-4-6-22(7-5-21)31-30(42(38,39)40)3-2-18-36(31)26-13-8-23(9-14-26)32(37)35-25-11-16-27(17-12-25)41-28-15-10-24(20-34)29(33)19-28/h4-10,13-15,19,25,27,30-31H,2-3,11-12,16-18H2,1H3,(H,35,37)(H,38,39,40)/t25?,27?,30-,31-/m1/s1. The molecule has 1 aliphatic heterocycles. The van der Waals surface area contributed by atoms with Gasteiger partial charge in [-0.25, -0.2) is 0 Å². The molecule has 2 N–H and O–H groups in total. The fourth-order valence-electron chi connectivity index (χ4n) is 5.97. The Morgan fingerprint density at radius 3 is 2.33 bits per heavy atom. The monoisotopic (exact) mass is 607 g/mol. The number of carbonyl (C=O) groups excluding carboxylic acids is 1. The van der Waals surface area contributed by atoms with Crippen molar-refractivity contribution in [1.29, 1.82) is 5.26 Å². The molecule has 1 heterocycles. The van der Waals surface area contributed by atoms with Crippen LogP contribution in [0.1, 0.15) is 71.6 Å². The maximum Gasteiger partial charge on any atom is 0.270 e. The van der Waals surface area contributed by atoms with E-state index in [1.54, 1.807) is 30.3 Å². The highest BCUT2D eigenvalue weighted by molar-refractivity contribution is 7.86. The van der Waals surface area contributed by atoms with E-state index in [0.717, 1.165) is 42.5 Å². The molecule has 3 aromatic carbocycles. The zero-order valence-electron chi connectivity index (χ0n) is 23.4. The van der Waals surface area contributed by atoms with Gasteiger partial charge in [0.05, 0.1) is 22.7 Å². The van der Waals surface area contributed by atoms with Crippen molar-refractivity contribution in [3.8, 4) is 11.8 Å². The van der Waals surface area contributed by atoms with Gasteiger partial charge in [-0.1, -0.05) is 41.4 Å². The number of amides is 1. The third kappa shape index (κ3) is 6.89. The molecule has 0 spiro atoms. The predicted molar refractivity (Wildman–Crippen MR) is 163 cm³/mol. The Bertz CT molecular complexity index is 1560. The molecular weight excluding hydrogens is 574 g/mol. The van der Waals surface area contributed by atoms with Crippen LogP contribution < -0.4 is 15.0 Å². The Morgan fingerprint density at radius 2 is 1.71 bits per heavy atom. The summed E-state index contributed by atoms with van der Waals surface area (Å²) in [5.74, 6) is 0.474. The Balaban J connectivity index is 1.21. The molecule has 0 radical (unpaired) electrons. The van der Waals surface area contributed by atoms with Gasteiger partial charge >= 0.3 is 0 Å². The lowest BCUT2D eigenvalue weighted by molar-refractivity contribution is 0.0894. The zero-order valence-corrected chi connectivity index (χ0v) is 24.9. The predicted octanol–water partition coefficient (Wildman–Crippen LogP) is 6.24. The van der Waals surface area contributed by atoms with Crippen LogP contribution in [0.2, 0.25) is 5.02 Å². The normalized spacial score (nSPS) is 22.7. The highest BCUT2D eigenvalue weighted by atomic mass is 35.5. The summed E-state index contributed by atoms with van der Waals surface area (Å²) in [4.78, 5) is 15.1. The second kappa shape index (κ2) is 12.7. The van der Waals surface area contributed by atoms with Crippen molar-refractivity contribution in [2.24, 2.45) is 0 Å². The summed E-state index contributed by atoms with van der Waals surface area (Å²) in [7, 11) is -4.27. The second-order valence-electron chi connectivity index (χ2n) is 11.1. The lowest BCUT2D eigenvalue weighted by Gasteiger charge is -2.41. The number of halogens is 1. The molecule has 0 unspecified atom stereocenters. The average molecular weight is 608 g/mol. The van der Waals surface area contributed by atoms with Crippen LogP contribution in [-0.2, 0) is 10.1 Å². The molecule has 2 fully saturated rings. The maximum absolute atomic E-state index is 13.1.